The minimum Gasteiger partial charge on any atom is -0.475 e. The van der Waals surface area contributed by atoms with Gasteiger partial charge in [0, 0.05) is 43.9 Å². The predicted octanol–water partition coefficient (Wildman–Crippen LogP) is 2.76. The molecule has 0 radical (unpaired) electrons. The van der Waals surface area contributed by atoms with Gasteiger partial charge < -0.3 is 15.7 Å². The van der Waals surface area contributed by atoms with Crippen molar-refractivity contribution in [2.45, 2.75) is 57.4 Å². The van der Waals surface area contributed by atoms with Gasteiger partial charge in [-0.15, -0.1) is 0 Å². The van der Waals surface area contributed by atoms with Gasteiger partial charge in [-0.05, 0) is 79.5 Å². The second-order valence-electron chi connectivity index (χ2n) is 13.2. The molecule has 6 fully saturated rings. The van der Waals surface area contributed by atoms with Gasteiger partial charge in [0.25, 0.3) is 0 Å². The summed E-state index contributed by atoms with van der Waals surface area (Å²) in [6.07, 6.45) is -0.437. The van der Waals surface area contributed by atoms with Crippen LogP contribution in [0.25, 0.3) is 11.5 Å². The summed E-state index contributed by atoms with van der Waals surface area (Å²) < 4.78 is 51.8. The molecule has 1 aliphatic heterocycles. The fraction of sp³-hybridized carbons (Fsp3) is 0.533. The van der Waals surface area contributed by atoms with E-state index < -0.39 is 12.1 Å². The first-order chi connectivity index (χ1) is 20.7. The van der Waals surface area contributed by atoms with Gasteiger partial charge in [-0.3, -0.25) is 13.9 Å². The second-order valence-corrected chi connectivity index (χ2v) is 13.2. The van der Waals surface area contributed by atoms with Gasteiger partial charge in [0.1, 0.15) is 11.6 Å². The molecule has 0 spiro atoms. The van der Waals surface area contributed by atoms with Crippen LogP contribution in [0.4, 0.5) is 17.6 Å². The number of benzene rings is 1. The number of imidazole rings is 1. The molecule has 2 aromatic heterocycles. The molecular formula is C30H30F4N6O4. The van der Waals surface area contributed by atoms with Gasteiger partial charge in [-0.25, -0.2) is 18.7 Å². The van der Waals surface area contributed by atoms with Gasteiger partial charge in [-0.1, -0.05) is 0 Å². The SMILES string of the molecule is CC(=O)NC12C3C4C1C1C2C3C41n1ccn(-c2c3c(nn2-c2cc(C)c(F)c(C)c2)CCN[C@H]3C)c1=O.O=C(O)C(F)(F)F. The Morgan fingerprint density at radius 1 is 1.07 bits per heavy atom. The lowest BCUT2D eigenvalue weighted by Gasteiger charge is -3.10. The Bertz CT molecular complexity index is 1790. The highest BCUT2D eigenvalue weighted by molar-refractivity contribution is 5.77. The number of aromatic nitrogens is 4. The summed E-state index contributed by atoms with van der Waals surface area (Å²) in [5.41, 5.74) is 3.87. The number of hydrogen-bond acceptors (Lipinski definition) is 5. The molecule has 3 heterocycles. The van der Waals surface area contributed by atoms with E-state index in [0.717, 1.165) is 35.7 Å². The highest BCUT2D eigenvalue weighted by Gasteiger charge is 3.11. The maximum absolute atomic E-state index is 14.5. The zero-order chi connectivity index (χ0) is 31.4. The van der Waals surface area contributed by atoms with Crippen LogP contribution in [0.1, 0.15) is 42.3 Å². The van der Waals surface area contributed by atoms with Crippen LogP contribution in [0.3, 0.4) is 0 Å². The summed E-state index contributed by atoms with van der Waals surface area (Å²) in [4.78, 5) is 34.8. The van der Waals surface area contributed by atoms with Gasteiger partial charge >= 0.3 is 17.8 Å². The van der Waals surface area contributed by atoms with Crippen molar-refractivity contribution in [1.29, 1.82) is 0 Å². The monoisotopic (exact) mass is 614 g/mol. The molecule has 10 rings (SSSR count). The lowest BCUT2D eigenvalue weighted by Crippen LogP contribution is -3.17. The largest absolute Gasteiger partial charge is 0.490 e. The quantitative estimate of drug-likeness (QED) is 0.389. The number of halogens is 4. The Kier molecular flexibility index (Phi) is 5.14. The smallest absolute Gasteiger partial charge is 0.475 e. The fourth-order valence-corrected chi connectivity index (χ4v) is 10.4. The summed E-state index contributed by atoms with van der Waals surface area (Å²) in [5.74, 6) is 0.998. The van der Waals surface area contributed by atoms with E-state index in [9.17, 15) is 27.2 Å². The topological polar surface area (TPSA) is 123 Å². The molecule has 6 aliphatic carbocycles. The molecule has 0 saturated heterocycles. The van der Waals surface area contributed by atoms with E-state index in [1.807, 2.05) is 33.8 Å². The first-order valence-corrected chi connectivity index (χ1v) is 14.7. The molecule has 14 heteroatoms. The standard InChI is InChI=1S/C28H29FN6O2.C2HF3O2/c1-11-9-15(10-12(2)24(11)29)35-25(17-13(3)30-6-5-16(17)32-35)33-7-8-34(26(33)37)28-21-18-22(28)20-23(28)19(21)27(18,20)31-14(4)36;3-2(4,5)1(6)7/h7-10,13,18-23,30H,5-6H2,1-4H3,(H,31,36);(H,6,7)/t13-,18?,19?,20?,21?,22?,23?,27?,28?;/m0./s1. The Morgan fingerprint density at radius 2 is 1.64 bits per heavy atom. The zero-order valence-electron chi connectivity index (χ0n) is 24.2. The lowest BCUT2D eigenvalue weighted by molar-refractivity contribution is -0.612. The Labute approximate surface area is 248 Å². The molecule has 3 N–H and O–H groups in total. The van der Waals surface area contributed by atoms with Crippen LogP contribution in [-0.2, 0) is 21.5 Å². The summed E-state index contributed by atoms with van der Waals surface area (Å²) in [6, 6.07) is 3.67. The number of hydrogen-bond donors (Lipinski definition) is 3. The minimum absolute atomic E-state index is 0.0263. The van der Waals surface area contributed by atoms with Gasteiger partial charge in [0.2, 0.25) is 5.91 Å². The molecule has 3 aromatic rings. The third kappa shape index (κ3) is 2.82. The van der Waals surface area contributed by atoms with Crippen molar-refractivity contribution in [3.05, 3.63) is 63.2 Å². The molecule has 232 valence electrons. The van der Waals surface area contributed by atoms with E-state index in [1.54, 1.807) is 25.3 Å². The summed E-state index contributed by atoms with van der Waals surface area (Å²) >= 11 is 0. The van der Waals surface area contributed by atoms with Crippen LogP contribution >= 0.6 is 0 Å². The molecule has 1 atom stereocenters. The first kappa shape index (κ1) is 27.6. The molecule has 1 amide bonds. The van der Waals surface area contributed by atoms with Gasteiger partial charge in [-0.2, -0.15) is 18.3 Å². The van der Waals surface area contributed by atoms with E-state index in [-0.39, 0.29) is 34.5 Å². The number of carboxylic acid groups (broad SMARTS) is 1. The van der Waals surface area contributed by atoms with E-state index in [0.29, 0.717) is 46.6 Å². The van der Waals surface area contributed by atoms with Crippen molar-refractivity contribution < 1.29 is 32.3 Å². The molecule has 7 aliphatic rings. The van der Waals surface area contributed by atoms with Crippen molar-refractivity contribution in [3.8, 4) is 11.5 Å². The lowest BCUT2D eigenvalue weighted by atomic mass is 8.96. The fourth-order valence-electron chi connectivity index (χ4n) is 10.4. The predicted molar refractivity (Wildman–Crippen MR) is 146 cm³/mol. The van der Waals surface area contributed by atoms with Crippen molar-refractivity contribution in [2.75, 3.05) is 6.54 Å². The number of aryl methyl sites for hydroxylation is 2. The van der Waals surface area contributed by atoms with Crippen LogP contribution in [0.2, 0.25) is 0 Å². The van der Waals surface area contributed by atoms with E-state index in [4.69, 9.17) is 15.0 Å². The molecular weight excluding hydrogens is 584 g/mol. The summed E-state index contributed by atoms with van der Waals surface area (Å²) in [6.45, 7) is 8.09. The Balaban J connectivity index is 0.000000373. The third-order valence-corrected chi connectivity index (χ3v) is 11.5. The summed E-state index contributed by atoms with van der Waals surface area (Å²) in [5, 5.41) is 18.9. The van der Waals surface area contributed by atoms with E-state index in [1.165, 1.54) is 0 Å². The first-order valence-electron chi connectivity index (χ1n) is 14.7. The number of fused-ring (bicyclic) bond motifs is 1. The Hall–Kier alpha value is -3.94. The average molecular weight is 615 g/mol. The van der Waals surface area contributed by atoms with Gasteiger partial charge in [0.05, 0.1) is 22.5 Å². The number of nitrogens with one attached hydrogen (secondary N) is 2. The van der Waals surface area contributed by atoms with Crippen LogP contribution in [-0.4, -0.2) is 54.2 Å². The summed E-state index contributed by atoms with van der Waals surface area (Å²) in [7, 11) is 0. The van der Waals surface area contributed by atoms with Gasteiger partial charge in [0.15, 0.2) is 0 Å². The van der Waals surface area contributed by atoms with Crippen LogP contribution in [0, 0.1) is 55.2 Å². The average Bonchev–Trinajstić information content (AvgIpc) is 3.52. The number of carbonyl (C=O) groups excluding carboxylic acids is 1. The Morgan fingerprint density at radius 3 is 2.16 bits per heavy atom. The van der Waals surface area contributed by atoms with Crippen molar-refractivity contribution in [3.63, 3.8) is 0 Å². The number of amides is 1. The van der Waals surface area contributed by atoms with E-state index in [2.05, 4.69) is 17.6 Å². The number of carboxylic acids is 1. The highest BCUT2D eigenvalue weighted by atomic mass is 19.4. The number of nitrogens with zero attached hydrogens (tertiary/aromatic N) is 4. The van der Waals surface area contributed by atoms with Crippen LogP contribution in [0.15, 0.2) is 29.3 Å². The van der Waals surface area contributed by atoms with Crippen LogP contribution in [0.5, 0.6) is 0 Å². The molecule has 6 saturated carbocycles. The van der Waals surface area contributed by atoms with Crippen molar-refractivity contribution in [1.82, 2.24) is 29.5 Å². The molecule has 44 heavy (non-hydrogen) atoms. The number of carbonyl (C=O) groups is 2. The van der Waals surface area contributed by atoms with E-state index >= 15 is 0 Å². The normalized spacial score (nSPS) is 35.8. The number of rotatable bonds is 4. The number of alkyl halides is 3. The molecule has 0 bridgehead atoms. The number of aliphatic carboxylic acids is 1. The maximum Gasteiger partial charge on any atom is 0.490 e. The molecule has 1 aromatic carbocycles. The minimum atomic E-state index is -5.08. The maximum atomic E-state index is 14.5. The second kappa shape index (κ2) is 8.20. The molecule has 10 nitrogen and oxygen atoms in total. The van der Waals surface area contributed by atoms with Crippen molar-refractivity contribution >= 4 is 11.9 Å². The molecule has 0 unspecified atom stereocenters. The van der Waals surface area contributed by atoms with Crippen molar-refractivity contribution in [2.24, 2.45) is 35.5 Å². The zero-order valence-corrected chi connectivity index (χ0v) is 24.2. The third-order valence-electron chi connectivity index (χ3n) is 11.5. The highest BCUT2D eigenvalue weighted by Crippen LogP contribution is 3.05. The van der Waals surface area contributed by atoms with Crippen LogP contribution < -0.4 is 16.3 Å².